The summed E-state index contributed by atoms with van der Waals surface area (Å²) in [6.45, 7) is 1.99. The smallest absolute Gasteiger partial charge is 0.258 e. The van der Waals surface area contributed by atoms with Crippen LogP contribution in [-0.2, 0) is 11.3 Å². The van der Waals surface area contributed by atoms with Gasteiger partial charge < -0.3 is 29.6 Å². The van der Waals surface area contributed by atoms with Crippen molar-refractivity contribution in [3.05, 3.63) is 89.5 Å². The van der Waals surface area contributed by atoms with E-state index in [0.29, 0.717) is 54.7 Å². The van der Waals surface area contributed by atoms with Gasteiger partial charge in [-0.1, -0.05) is 48.6 Å². The average Bonchev–Trinajstić information content (AvgIpc) is 3.35. The van der Waals surface area contributed by atoms with E-state index in [1.54, 1.807) is 25.3 Å². The zero-order valence-corrected chi connectivity index (χ0v) is 22.6. The Hall–Kier alpha value is -4.50. The molecule has 2 atom stereocenters. The van der Waals surface area contributed by atoms with Gasteiger partial charge in [-0.05, 0) is 41.5 Å². The molecular weight excluding hydrogens is 510 g/mol. The first-order valence-corrected chi connectivity index (χ1v) is 13.2. The molecule has 0 radical (unpaired) electrons. The number of likely N-dealkylation sites (tertiary alicyclic amines) is 1. The molecule has 9 heteroatoms. The SMILES string of the molecule is COc1ccc2cc1OCC(=O)NCc1ccc(c(OC)c1)O[C@H]1CN(C/C=C/c3ccccc3)C[C@@H]1NC2=O. The molecule has 3 aromatic rings. The summed E-state index contributed by atoms with van der Waals surface area (Å²) in [6.07, 6.45) is 3.88. The molecule has 0 saturated carbocycles. The molecule has 208 valence electrons. The zero-order valence-electron chi connectivity index (χ0n) is 22.6. The van der Waals surface area contributed by atoms with E-state index in [0.717, 1.165) is 11.1 Å². The second-order valence-electron chi connectivity index (χ2n) is 9.68. The highest BCUT2D eigenvalue weighted by molar-refractivity contribution is 5.95. The van der Waals surface area contributed by atoms with Crippen LogP contribution in [0.2, 0.25) is 0 Å². The summed E-state index contributed by atoms with van der Waals surface area (Å²) in [7, 11) is 3.09. The molecule has 0 aromatic heterocycles. The Balaban J connectivity index is 1.42. The number of benzene rings is 3. The van der Waals surface area contributed by atoms with Crippen LogP contribution in [-0.4, -0.2) is 69.3 Å². The molecule has 3 heterocycles. The van der Waals surface area contributed by atoms with Crippen LogP contribution >= 0.6 is 0 Å². The molecule has 4 bridgehead atoms. The molecule has 9 nitrogen and oxygen atoms in total. The Bertz CT molecular complexity index is 1380. The number of hydrogen-bond donors (Lipinski definition) is 2. The maximum atomic E-state index is 13.4. The molecule has 1 fully saturated rings. The lowest BCUT2D eigenvalue weighted by atomic mass is 10.1. The third-order valence-corrected chi connectivity index (χ3v) is 6.91. The van der Waals surface area contributed by atoms with Crippen molar-refractivity contribution in [2.24, 2.45) is 0 Å². The van der Waals surface area contributed by atoms with E-state index in [2.05, 4.69) is 39.8 Å². The number of ether oxygens (including phenoxy) is 4. The van der Waals surface area contributed by atoms with Crippen molar-refractivity contribution in [2.75, 3.05) is 40.5 Å². The Labute approximate surface area is 233 Å². The van der Waals surface area contributed by atoms with Gasteiger partial charge in [0.15, 0.2) is 29.6 Å². The van der Waals surface area contributed by atoms with E-state index in [9.17, 15) is 9.59 Å². The number of nitrogens with one attached hydrogen (secondary N) is 2. The fourth-order valence-electron chi connectivity index (χ4n) is 4.82. The van der Waals surface area contributed by atoms with Gasteiger partial charge in [0.05, 0.1) is 20.3 Å². The highest BCUT2D eigenvalue weighted by Crippen LogP contribution is 2.32. The first kappa shape index (κ1) is 27.1. The Kier molecular flexibility index (Phi) is 8.51. The lowest BCUT2D eigenvalue weighted by molar-refractivity contribution is -0.123. The molecule has 2 N–H and O–H groups in total. The van der Waals surface area contributed by atoms with Gasteiger partial charge in [-0.25, -0.2) is 0 Å². The van der Waals surface area contributed by atoms with Gasteiger partial charge in [0.1, 0.15) is 6.10 Å². The molecule has 40 heavy (non-hydrogen) atoms. The van der Waals surface area contributed by atoms with Gasteiger partial charge >= 0.3 is 0 Å². The van der Waals surface area contributed by atoms with Crippen LogP contribution in [0.3, 0.4) is 0 Å². The number of carbonyl (C=O) groups excluding carboxylic acids is 2. The van der Waals surface area contributed by atoms with Gasteiger partial charge in [0.2, 0.25) is 0 Å². The predicted molar refractivity (Wildman–Crippen MR) is 151 cm³/mol. The van der Waals surface area contributed by atoms with Crippen LogP contribution in [0.15, 0.2) is 72.8 Å². The van der Waals surface area contributed by atoms with E-state index in [1.165, 1.54) is 7.11 Å². The van der Waals surface area contributed by atoms with E-state index in [1.807, 2.05) is 36.4 Å². The monoisotopic (exact) mass is 543 g/mol. The summed E-state index contributed by atoms with van der Waals surface area (Å²) >= 11 is 0. The lowest BCUT2D eigenvalue weighted by Crippen LogP contribution is -2.45. The molecule has 0 spiro atoms. The third-order valence-electron chi connectivity index (χ3n) is 6.91. The van der Waals surface area contributed by atoms with Crippen molar-refractivity contribution in [2.45, 2.75) is 18.7 Å². The minimum Gasteiger partial charge on any atom is -0.493 e. The molecule has 3 aliphatic heterocycles. The highest BCUT2D eigenvalue weighted by atomic mass is 16.5. The van der Waals surface area contributed by atoms with Crippen molar-refractivity contribution in [1.82, 2.24) is 15.5 Å². The predicted octanol–water partition coefficient (Wildman–Crippen LogP) is 3.29. The fraction of sp³-hybridized carbons (Fsp3) is 0.290. The maximum Gasteiger partial charge on any atom is 0.258 e. The summed E-state index contributed by atoms with van der Waals surface area (Å²) < 4.78 is 23.2. The number of amides is 2. The summed E-state index contributed by atoms with van der Waals surface area (Å²) in [5.41, 5.74) is 2.37. The summed E-state index contributed by atoms with van der Waals surface area (Å²) in [5, 5.41) is 5.99. The quantitative estimate of drug-likeness (QED) is 0.510. The molecule has 3 aromatic carbocycles. The Morgan fingerprint density at radius 2 is 1.77 bits per heavy atom. The lowest BCUT2D eigenvalue weighted by Gasteiger charge is -2.23. The highest BCUT2D eigenvalue weighted by Gasteiger charge is 2.36. The van der Waals surface area contributed by atoms with Crippen molar-refractivity contribution in [3.63, 3.8) is 0 Å². The third kappa shape index (κ3) is 6.55. The molecule has 6 rings (SSSR count). The van der Waals surface area contributed by atoms with Gasteiger partial charge in [0, 0.05) is 31.7 Å². The molecule has 0 aliphatic carbocycles. The summed E-state index contributed by atoms with van der Waals surface area (Å²) in [4.78, 5) is 28.1. The van der Waals surface area contributed by atoms with Crippen molar-refractivity contribution >= 4 is 17.9 Å². The van der Waals surface area contributed by atoms with Gasteiger partial charge in [-0.3, -0.25) is 14.5 Å². The van der Waals surface area contributed by atoms with Crippen LogP contribution in [0, 0.1) is 0 Å². The summed E-state index contributed by atoms with van der Waals surface area (Å²) in [6, 6.07) is 20.3. The van der Waals surface area contributed by atoms with E-state index in [-0.39, 0.29) is 30.6 Å². The minimum atomic E-state index is -0.321. The maximum absolute atomic E-state index is 13.4. The molecule has 3 aliphatic rings. The minimum absolute atomic E-state index is 0.226. The average molecular weight is 544 g/mol. The summed E-state index contributed by atoms with van der Waals surface area (Å²) in [5.74, 6) is 1.28. The standard InChI is InChI=1S/C31H33N3O6/c1-37-25-13-11-23-16-28(25)39-20-30(35)32-17-22-10-12-26(27(15-22)38-2)40-29-19-34(18-24(29)33-31(23)36)14-6-9-21-7-4-3-5-8-21/h3-13,15-16,24,29H,14,17-20H2,1-2H3,(H,32,35)(H,33,36)/b9-6+/t24-,29-/m0/s1. The second kappa shape index (κ2) is 12.6. The molecule has 1 saturated heterocycles. The fourth-order valence-corrected chi connectivity index (χ4v) is 4.82. The van der Waals surface area contributed by atoms with Crippen LogP contribution < -0.4 is 29.6 Å². The normalized spacial score (nSPS) is 19.6. The number of nitrogens with zero attached hydrogens (tertiary/aromatic N) is 1. The van der Waals surface area contributed by atoms with E-state index < -0.39 is 0 Å². The van der Waals surface area contributed by atoms with Crippen molar-refractivity contribution < 1.29 is 28.5 Å². The van der Waals surface area contributed by atoms with E-state index >= 15 is 0 Å². The number of carbonyl (C=O) groups is 2. The topological polar surface area (TPSA) is 98.4 Å². The molecular formula is C31H33N3O6. The van der Waals surface area contributed by atoms with Crippen LogP contribution in [0.4, 0.5) is 0 Å². The van der Waals surface area contributed by atoms with Crippen molar-refractivity contribution in [3.8, 4) is 23.0 Å². The first-order chi connectivity index (χ1) is 19.5. The van der Waals surface area contributed by atoms with Gasteiger partial charge in [0.25, 0.3) is 11.8 Å². The number of methoxy groups -OCH3 is 2. The second-order valence-corrected chi connectivity index (χ2v) is 9.68. The largest absolute Gasteiger partial charge is 0.493 e. The van der Waals surface area contributed by atoms with Crippen molar-refractivity contribution in [1.29, 1.82) is 0 Å². The van der Waals surface area contributed by atoms with Gasteiger partial charge in [-0.2, -0.15) is 0 Å². The van der Waals surface area contributed by atoms with Crippen LogP contribution in [0.1, 0.15) is 21.5 Å². The number of fused-ring (bicyclic) bond motifs is 7. The van der Waals surface area contributed by atoms with Gasteiger partial charge in [-0.15, -0.1) is 0 Å². The molecule has 2 amide bonds. The Morgan fingerprint density at radius 1 is 0.950 bits per heavy atom. The Morgan fingerprint density at radius 3 is 2.58 bits per heavy atom. The molecule has 0 unspecified atom stereocenters. The first-order valence-electron chi connectivity index (χ1n) is 13.2. The van der Waals surface area contributed by atoms with Crippen LogP contribution in [0.25, 0.3) is 6.08 Å². The number of hydrogen-bond acceptors (Lipinski definition) is 7. The van der Waals surface area contributed by atoms with E-state index in [4.69, 9.17) is 18.9 Å². The zero-order chi connectivity index (χ0) is 27.9. The van der Waals surface area contributed by atoms with Crippen LogP contribution in [0.5, 0.6) is 23.0 Å². The number of rotatable bonds is 5.